The predicted octanol–water partition coefficient (Wildman–Crippen LogP) is 4.46. The number of carbonyl (C=O) groups excluding carboxylic acids is 1. The summed E-state index contributed by atoms with van der Waals surface area (Å²) in [4.78, 5) is 19.0. The highest BCUT2D eigenvalue weighted by molar-refractivity contribution is 9.10. The van der Waals surface area contributed by atoms with Gasteiger partial charge in [0.1, 0.15) is 0 Å². The number of nitrogens with zero attached hydrogens (tertiary/aromatic N) is 2. The molecule has 5 heteroatoms. The highest BCUT2D eigenvalue weighted by atomic mass is 79.9. The molecule has 1 aromatic heterocycles. The van der Waals surface area contributed by atoms with Gasteiger partial charge in [-0.3, -0.25) is 14.7 Å². The largest absolute Gasteiger partial charge is 0.324 e. The second-order valence-corrected chi connectivity index (χ2v) is 6.90. The molecule has 1 atom stereocenters. The zero-order valence-corrected chi connectivity index (χ0v) is 15.8. The first-order valence-electron chi connectivity index (χ1n) is 8.14. The Morgan fingerprint density at radius 3 is 2.76 bits per heavy atom. The number of rotatable bonds is 5. The number of pyridine rings is 1. The Bertz CT molecular complexity index is 892. The summed E-state index contributed by atoms with van der Waals surface area (Å²) in [5, 5.41) is 3.98. The third kappa shape index (κ3) is 4.06. The van der Waals surface area contributed by atoms with E-state index in [0.29, 0.717) is 6.54 Å². The molecule has 0 radical (unpaired) electrons. The maximum atomic E-state index is 12.7. The number of halogens is 1. The summed E-state index contributed by atoms with van der Waals surface area (Å²) < 4.78 is 1.05. The molecule has 1 unspecified atom stereocenters. The molecule has 0 aliphatic carbocycles. The van der Waals surface area contributed by atoms with Gasteiger partial charge in [-0.25, -0.2) is 0 Å². The fourth-order valence-corrected chi connectivity index (χ4v) is 3.09. The molecular formula is C20H20BrN3O. The lowest BCUT2D eigenvalue weighted by atomic mass is 10.1. The molecule has 0 fully saturated rings. The van der Waals surface area contributed by atoms with Gasteiger partial charge in [0.15, 0.2) is 0 Å². The molecule has 128 valence electrons. The summed E-state index contributed by atoms with van der Waals surface area (Å²) >= 11 is 3.56. The van der Waals surface area contributed by atoms with Crippen LogP contribution >= 0.6 is 15.9 Å². The van der Waals surface area contributed by atoms with E-state index in [9.17, 15) is 4.79 Å². The Morgan fingerprint density at radius 2 is 1.96 bits per heavy atom. The smallest absolute Gasteiger partial charge is 0.241 e. The standard InChI is InChI=1S/C20H20BrN3O/c1-14(24(2)13-15-7-3-4-9-17(15)21)20(25)23-19-11-5-10-18-16(19)8-6-12-22-18/h3-12,14H,13H2,1-2H3,(H,23,25). The molecule has 1 heterocycles. The third-order valence-corrected chi connectivity index (χ3v) is 5.10. The average Bonchev–Trinajstić information content (AvgIpc) is 2.63. The summed E-state index contributed by atoms with van der Waals surface area (Å²) in [6.45, 7) is 2.60. The van der Waals surface area contributed by atoms with Gasteiger partial charge in [-0.05, 0) is 49.9 Å². The number of carbonyl (C=O) groups is 1. The molecule has 0 aliphatic heterocycles. The van der Waals surface area contributed by atoms with E-state index in [-0.39, 0.29) is 11.9 Å². The van der Waals surface area contributed by atoms with Gasteiger partial charge in [0.2, 0.25) is 5.91 Å². The van der Waals surface area contributed by atoms with Crippen LogP contribution in [0.5, 0.6) is 0 Å². The molecule has 0 saturated carbocycles. The normalized spacial score (nSPS) is 12.3. The average molecular weight is 398 g/mol. The number of hydrogen-bond donors (Lipinski definition) is 1. The van der Waals surface area contributed by atoms with E-state index in [4.69, 9.17) is 0 Å². The van der Waals surface area contributed by atoms with Crippen LogP contribution in [0, 0.1) is 0 Å². The van der Waals surface area contributed by atoms with E-state index in [1.807, 2.05) is 67.4 Å². The molecule has 3 aromatic rings. The van der Waals surface area contributed by atoms with E-state index in [0.717, 1.165) is 26.6 Å². The minimum Gasteiger partial charge on any atom is -0.324 e. The second kappa shape index (κ2) is 7.76. The maximum Gasteiger partial charge on any atom is 0.241 e. The number of hydrogen-bond acceptors (Lipinski definition) is 3. The Morgan fingerprint density at radius 1 is 1.16 bits per heavy atom. The first kappa shape index (κ1) is 17.6. The van der Waals surface area contributed by atoms with Crippen LogP contribution in [-0.2, 0) is 11.3 Å². The Labute approximate surface area is 156 Å². The van der Waals surface area contributed by atoms with Crippen molar-refractivity contribution in [2.45, 2.75) is 19.5 Å². The summed E-state index contributed by atoms with van der Waals surface area (Å²) in [5.74, 6) is -0.0362. The maximum absolute atomic E-state index is 12.7. The molecule has 0 saturated heterocycles. The first-order valence-corrected chi connectivity index (χ1v) is 8.94. The molecule has 3 rings (SSSR count). The Balaban J connectivity index is 1.73. The summed E-state index contributed by atoms with van der Waals surface area (Å²) in [7, 11) is 1.95. The molecule has 2 aromatic carbocycles. The van der Waals surface area contributed by atoms with Gasteiger partial charge in [-0.1, -0.05) is 40.2 Å². The van der Waals surface area contributed by atoms with E-state index in [2.05, 4.69) is 32.3 Å². The minimum absolute atomic E-state index is 0.0362. The van der Waals surface area contributed by atoms with Gasteiger partial charge in [-0.2, -0.15) is 0 Å². The molecule has 0 spiro atoms. The Kier molecular flexibility index (Phi) is 5.46. The number of likely N-dealkylation sites (N-methyl/N-ethyl adjacent to an activating group) is 1. The fraction of sp³-hybridized carbons (Fsp3) is 0.200. The van der Waals surface area contributed by atoms with Crippen LogP contribution in [0.1, 0.15) is 12.5 Å². The van der Waals surface area contributed by atoms with E-state index < -0.39 is 0 Å². The van der Waals surface area contributed by atoms with Crippen LogP contribution in [0.2, 0.25) is 0 Å². The lowest BCUT2D eigenvalue weighted by molar-refractivity contribution is -0.120. The minimum atomic E-state index is -0.265. The van der Waals surface area contributed by atoms with Crippen LogP contribution in [-0.4, -0.2) is 28.9 Å². The number of anilines is 1. The van der Waals surface area contributed by atoms with Crippen molar-refractivity contribution in [3.05, 3.63) is 70.8 Å². The summed E-state index contributed by atoms with van der Waals surface area (Å²) in [5.41, 5.74) is 2.81. The molecule has 0 bridgehead atoms. The number of aromatic nitrogens is 1. The van der Waals surface area contributed by atoms with Crippen molar-refractivity contribution in [1.29, 1.82) is 0 Å². The van der Waals surface area contributed by atoms with E-state index in [1.54, 1.807) is 6.20 Å². The van der Waals surface area contributed by atoms with Crippen LogP contribution in [0.15, 0.2) is 65.3 Å². The van der Waals surface area contributed by atoms with Gasteiger partial charge >= 0.3 is 0 Å². The van der Waals surface area contributed by atoms with E-state index in [1.165, 1.54) is 0 Å². The van der Waals surface area contributed by atoms with Crippen molar-refractivity contribution in [1.82, 2.24) is 9.88 Å². The SMILES string of the molecule is CC(C(=O)Nc1cccc2ncccc12)N(C)Cc1ccccc1Br. The zero-order valence-electron chi connectivity index (χ0n) is 14.2. The van der Waals surface area contributed by atoms with Crippen molar-refractivity contribution in [2.24, 2.45) is 0 Å². The zero-order chi connectivity index (χ0) is 17.8. The topological polar surface area (TPSA) is 45.2 Å². The van der Waals surface area contributed by atoms with Gasteiger partial charge < -0.3 is 5.32 Å². The first-order chi connectivity index (χ1) is 12.1. The molecule has 25 heavy (non-hydrogen) atoms. The number of benzene rings is 2. The van der Waals surface area contributed by atoms with Crippen LogP contribution < -0.4 is 5.32 Å². The molecule has 1 N–H and O–H groups in total. The summed E-state index contributed by atoms with van der Waals surface area (Å²) in [6, 6.07) is 17.4. The van der Waals surface area contributed by atoms with Crippen LogP contribution in [0.25, 0.3) is 10.9 Å². The van der Waals surface area contributed by atoms with Crippen molar-refractivity contribution in [2.75, 3.05) is 12.4 Å². The molecule has 0 aliphatic rings. The van der Waals surface area contributed by atoms with Crippen LogP contribution in [0.3, 0.4) is 0 Å². The number of fused-ring (bicyclic) bond motifs is 1. The third-order valence-electron chi connectivity index (χ3n) is 4.32. The van der Waals surface area contributed by atoms with Crippen molar-refractivity contribution in [3.8, 4) is 0 Å². The van der Waals surface area contributed by atoms with Crippen molar-refractivity contribution >= 4 is 38.4 Å². The highest BCUT2D eigenvalue weighted by Gasteiger charge is 2.19. The lowest BCUT2D eigenvalue weighted by Crippen LogP contribution is -2.39. The monoisotopic (exact) mass is 397 g/mol. The highest BCUT2D eigenvalue weighted by Crippen LogP contribution is 2.22. The quantitative estimate of drug-likeness (QED) is 0.691. The van der Waals surface area contributed by atoms with Gasteiger partial charge in [-0.15, -0.1) is 0 Å². The molecular weight excluding hydrogens is 378 g/mol. The van der Waals surface area contributed by atoms with E-state index >= 15 is 0 Å². The number of nitrogens with one attached hydrogen (secondary N) is 1. The molecule has 1 amide bonds. The fourth-order valence-electron chi connectivity index (χ4n) is 2.68. The van der Waals surface area contributed by atoms with Crippen molar-refractivity contribution in [3.63, 3.8) is 0 Å². The predicted molar refractivity (Wildman–Crippen MR) is 105 cm³/mol. The van der Waals surface area contributed by atoms with Gasteiger partial charge in [0, 0.05) is 22.6 Å². The Hall–Kier alpha value is -2.24. The molecule has 4 nitrogen and oxygen atoms in total. The van der Waals surface area contributed by atoms with Crippen LogP contribution in [0.4, 0.5) is 5.69 Å². The summed E-state index contributed by atoms with van der Waals surface area (Å²) in [6.07, 6.45) is 1.75. The second-order valence-electron chi connectivity index (χ2n) is 6.05. The van der Waals surface area contributed by atoms with Gasteiger partial charge in [0.05, 0.1) is 17.2 Å². The van der Waals surface area contributed by atoms with Crippen molar-refractivity contribution < 1.29 is 4.79 Å². The lowest BCUT2D eigenvalue weighted by Gasteiger charge is -2.24. The van der Waals surface area contributed by atoms with Gasteiger partial charge in [0.25, 0.3) is 0 Å². The number of amides is 1.